The van der Waals surface area contributed by atoms with Gasteiger partial charge in [-0.15, -0.1) is 0 Å². The monoisotopic (exact) mass is 242 g/mol. The Labute approximate surface area is 104 Å². The molecule has 17 heavy (non-hydrogen) atoms. The van der Waals surface area contributed by atoms with E-state index in [-0.39, 0.29) is 5.91 Å². The molecule has 0 aromatic heterocycles. The highest BCUT2D eigenvalue weighted by atomic mass is 16.3. The van der Waals surface area contributed by atoms with Gasteiger partial charge in [0.15, 0.2) is 0 Å². The number of carbonyl (C=O) groups excluding carboxylic acids is 1. The fraction of sp³-hybridized carbons (Fsp3) is 0.923. The zero-order valence-electron chi connectivity index (χ0n) is 11.1. The lowest BCUT2D eigenvalue weighted by atomic mass is 9.93. The first-order chi connectivity index (χ1) is 7.94. The van der Waals surface area contributed by atoms with Crippen LogP contribution in [0.25, 0.3) is 0 Å². The second-order valence-electron chi connectivity index (χ2n) is 5.60. The zero-order chi connectivity index (χ0) is 12.9. The molecule has 4 nitrogen and oxygen atoms in total. The van der Waals surface area contributed by atoms with Crippen molar-refractivity contribution in [2.75, 3.05) is 19.6 Å². The first-order valence-corrected chi connectivity index (χ1v) is 6.65. The number of likely N-dealkylation sites (tertiary alicyclic amines) is 1. The van der Waals surface area contributed by atoms with E-state index in [0.29, 0.717) is 44.8 Å². The van der Waals surface area contributed by atoms with Crippen LogP contribution in [0.2, 0.25) is 0 Å². The smallest absolute Gasteiger partial charge is 0.222 e. The van der Waals surface area contributed by atoms with Crippen molar-refractivity contribution in [2.24, 2.45) is 11.7 Å². The van der Waals surface area contributed by atoms with E-state index in [1.165, 1.54) is 0 Å². The molecule has 0 spiro atoms. The number of carbonyl (C=O) groups is 1. The first-order valence-electron chi connectivity index (χ1n) is 6.65. The van der Waals surface area contributed by atoms with Gasteiger partial charge in [-0.25, -0.2) is 0 Å². The highest BCUT2D eigenvalue weighted by Gasteiger charge is 2.29. The molecule has 0 bridgehead atoms. The minimum atomic E-state index is -0.580. The number of rotatable bonds is 5. The first kappa shape index (κ1) is 14.5. The number of hydrogen-bond donors (Lipinski definition) is 2. The van der Waals surface area contributed by atoms with E-state index in [2.05, 4.69) is 6.92 Å². The third-order valence-corrected chi connectivity index (χ3v) is 3.70. The molecule has 1 heterocycles. The fourth-order valence-corrected chi connectivity index (χ4v) is 2.19. The maximum atomic E-state index is 11.9. The summed E-state index contributed by atoms with van der Waals surface area (Å²) in [6.45, 7) is 6.06. The molecule has 1 atom stereocenters. The van der Waals surface area contributed by atoms with Gasteiger partial charge in [-0.05, 0) is 45.1 Å². The van der Waals surface area contributed by atoms with Crippen LogP contribution in [0, 0.1) is 5.92 Å². The number of hydrogen-bond acceptors (Lipinski definition) is 3. The molecule has 1 rings (SSSR count). The number of nitrogens with two attached hydrogens (primary N) is 1. The van der Waals surface area contributed by atoms with E-state index in [9.17, 15) is 9.90 Å². The van der Waals surface area contributed by atoms with Gasteiger partial charge >= 0.3 is 0 Å². The Morgan fingerprint density at radius 2 is 2.00 bits per heavy atom. The van der Waals surface area contributed by atoms with Gasteiger partial charge in [0.05, 0.1) is 5.60 Å². The molecule has 0 aromatic carbocycles. The van der Waals surface area contributed by atoms with Gasteiger partial charge in [0.25, 0.3) is 0 Å². The molecule has 3 N–H and O–H groups in total. The zero-order valence-corrected chi connectivity index (χ0v) is 11.1. The Kier molecular flexibility index (Phi) is 5.40. The summed E-state index contributed by atoms with van der Waals surface area (Å²) < 4.78 is 0. The Balaban J connectivity index is 2.25. The Morgan fingerprint density at radius 3 is 2.53 bits per heavy atom. The predicted molar refractivity (Wildman–Crippen MR) is 68.5 cm³/mol. The van der Waals surface area contributed by atoms with Crippen LogP contribution >= 0.6 is 0 Å². The molecule has 1 fully saturated rings. The van der Waals surface area contributed by atoms with Gasteiger partial charge in [-0.1, -0.05) is 6.92 Å². The maximum absolute atomic E-state index is 11.9. The molecule has 0 aliphatic carbocycles. The van der Waals surface area contributed by atoms with Crippen molar-refractivity contribution in [3.8, 4) is 0 Å². The minimum absolute atomic E-state index is 0.226. The average Bonchev–Trinajstić information content (AvgIpc) is 2.26. The van der Waals surface area contributed by atoms with Gasteiger partial charge < -0.3 is 15.7 Å². The maximum Gasteiger partial charge on any atom is 0.222 e. The lowest BCUT2D eigenvalue weighted by Gasteiger charge is -2.36. The van der Waals surface area contributed by atoms with Gasteiger partial charge in [-0.2, -0.15) is 0 Å². The van der Waals surface area contributed by atoms with Crippen LogP contribution in [0.1, 0.15) is 46.0 Å². The van der Waals surface area contributed by atoms with Crippen LogP contribution in [0.4, 0.5) is 0 Å². The van der Waals surface area contributed by atoms with Gasteiger partial charge in [0.2, 0.25) is 5.91 Å². The molecule has 1 unspecified atom stereocenters. The minimum Gasteiger partial charge on any atom is -0.390 e. The molecule has 0 radical (unpaired) electrons. The van der Waals surface area contributed by atoms with Gasteiger partial charge in [0.1, 0.15) is 0 Å². The van der Waals surface area contributed by atoms with Crippen LogP contribution in [0.3, 0.4) is 0 Å². The molecule has 1 aliphatic rings. The highest BCUT2D eigenvalue weighted by molar-refractivity contribution is 5.76. The SMILES string of the molecule is CC(CCN)CCC(=O)N1CCC(C)(O)CC1. The van der Waals surface area contributed by atoms with Crippen molar-refractivity contribution in [1.82, 2.24) is 4.90 Å². The van der Waals surface area contributed by atoms with Crippen LogP contribution in [-0.4, -0.2) is 41.1 Å². The molecule has 1 saturated heterocycles. The average molecular weight is 242 g/mol. The van der Waals surface area contributed by atoms with E-state index < -0.39 is 5.60 Å². The van der Waals surface area contributed by atoms with Crippen molar-refractivity contribution in [3.63, 3.8) is 0 Å². The van der Waals surface area contributed by atoms with E-state index in [0.717, 1.165) is 12.8 Å². The normalized spacial score (nSPS) is 21.3. The van der Waals surface area contributed by atoms with Crippen molar-refractivity contribution in [3.05, 3.63) is 0 Å². The Morgan fingerprint density at radius 1 is 1.41 bits per heavy atom. The number of amides is 1. The van der Waals surface area contributed by atoms with Crippen LogP contribution in [-0.2, 0) is 4.79 Å². The van der Waals surface area contributed by atoms with Crippen LogP contribution in [0.15, 0.2) is 0 Å². The van der Waals surface area contributed by atoms with E-state index in [4.69, 9.17) is 5.73 Å². The van der Waals surface area contributed by atoms with Crippen molar-refractivity contribution in [1.29, 1.82) is 0 Å². The standard InChI is InChI=1S/C13H26N2O2/c1-11(5-8-14)3-4-12(16)15-9-6-13(2,17)7-10-15/h11,17H,3-10,14H2,1-2H3. The fourth-order valence-electron chi connectivity index (χ4n) is 2.19. The lowest BCUT2D eigenvalue weighted by Crippen LogP contribution is -2.45. The summed E-state index contributed by atoms with van der Waals surface area (Å²) in [6, 6.07) is 0. The second kappa shape index (κ2) is 6.36. The van der Waals surface area contributed by atoms with Crippen molar-refractivity contribution >= 4 is 5.91 Å². The summed E-state index contributed by atoms with van der Waals surface area (Å²) in [5.74, 6) is 0.751. The summed E-state index contributed by atoms with van der Waals surface area (Å²) in [5.41, 5.74) is 4.91. The van der Waals surface area contributed by atoms with Crippen molar-refractivity contribution < 1.29 is 9.90 Å². The summed E-state index contributed by atoms with van der Waals surface area (Å²) in [4.78, 5) is 13.8. The molecule has 0 aromatic rings. The third-order valence-electron chi connectivity index (χ3n) is 3.70. The van der Waals surface area contributed by atoms with Gasteiger partial charge in [-0.3, -0.25) is 4.79 Å². The molecular weight excluding hydrogens is 216 g/mol. The Hall–Kier alpha value is -0.610. The molecule has 0 saturated carbocycles. The van der Waals surface area contributed by atoms with E-state index >= 15 is 0 Å². The second-order valence-corrected chi connectivity index (χ2v) is 5.60. The molecule has 100 valence electrons. The quantitative estimate of drug-likeness (QED) is 0.759. The topological polar surface area (TPSA) is 66.6 Å². The van der Waals surface area contributed by atoms with Gasteiger partial charge in [0, 0.05) is 19.5 Å². The van der Waals surface area contributed by atoms with Crippen LogP contribution < -0.4 is 5.73 Å². The summed E-state index contributed by atoms with van der Waals surface area (Å²) in [6.07, 6.45) is 3.91. The van der Waals surface area contributed by atoms with Crippen LogP contribution in [0.5, 0.6) is 0 Å². The molecule has 1 aliphatic heterocycles. The van der Waals surface area contributed by atoms with Crippen molar-refractivity contribution in [2.45, 2.75) is 51.6 Å². The summed E-state index contributed by atoms with van der Waals surface area (Å²) >= 11 is 0. The highest BCUT2D eigenvalue weighted by Crippen LogP contribution is 2.22. The lowest BCUT2D eigenvalue weighted by molar-refractivity contribution is -0.135. The van der Waals surface area contributed by atoms with E-state index in [1.807, 2.05) is 11.8 Å². The molecule has 1 amide bonds. The molecule has 4 heteroatoms. The molecular formula is C13H26N2O2. The third kappa shape index (κ3) is 5.04. The summed E-state index contributed by atoms with van der Waals surface area (Å²) in [7, 11) is 0. The Bertz CT molecular complexity index is 244. The van der Waals surface area contributed by atoms with E-state index in [1.54, 1.807) is 0 Å². The number of aliphatic hydroxyl groups is 1. The number of nitrogens with zero attached hydrogens (tertiary/aromatic N) is 1. The summed E-state index contributed by atoms with van der Waals surface area (Å²) in [5, 5.41) is 9.81. The largest absolute Gasteiger partial charge is 0.390 e. The predicted octanol–water partition coefficient (Wildman–Crippen LogP) is 1.12. The number of piperidine rings is 1.